The first-order chi connectivity index (χ1) is 10.9. The molecule has 23 heavy (non-hydrogen) atoms. The van der Waals surface area contributed by atoms with Gasteiger partial charge >= 0.3 is 5.97 Å². The maximum atomic E-state index is 13.2. The molecule has 0 spiro atoms. The number of halogens is 1. The summed E-state index contributed by atoms with van der Waals surface area (Å²) in [6.45, 7) is 4.22. The van der Waals surface area contributed by atoms with E-state index >= 15 is 0 Å². The van der Waals surface area contributed by atoms with Crippen molar-refractivity contribution in [2.24, 2.45) is 11.8 Å². The van der Waals surface area contributed by atoms with Crippen LogP contribution in [-0.4, -0.2) is 34.5 Å². The molecule has 0 saturated carbocycles. The van der Waals surface area contributed by atoms with Gasteiger partial charge in [-0.15, -0.1) is 0 Å². The van der Waals surface area contributed by atoms with Gasteiger partial charge in [0.05, 0.1) is 5.92 Å². The number of aliphatic carboxylic acids is 1. The van der Waals surface area contributed by atoms with Gasteiger partial charge in [0.25, 0.3) is 0 Å². The minimum atomic E-state index is -0.831. The molecular weight excluding hydrogens is 297 g/mol. The summed E-state index contributed by atoms with van der Waals surface area (Å²) in [5, 5.41) is 9.15. The predicted octanol–water partition coefficient (Wildman–Crippen LogP) is 3.11. The van der Waals surface area contributed by atoms with Crippen LogP contribution >= 0.6 is 0 Å². The van der Waals surface area contributed by atoms with E-state index in [1.807, 2.05) is 19.9 Å². The molecule has 4 nitrogen and oxygen atoms in total. The Hall–Kier alpha value is -1.91. The van der Waals surface area contributed by atoms with Gasteiger partial charge in [0.1, 0.15) is 5.82 Å². The largest absolute Gasteiger partial charge is 0.481 e. The van der Waals surface area contributed by atoms with Crippen molar-refractivity contribution in [3.8, 4) is 0 Å². The van der Waals surface area contributed by atoms with Crippen LogP contribution in [0.2, 0.25) is 0 Å². The Labute approximate surface area is 136 Å². The average Bonchev–Trinajstić information content (AvgIpc) is 2.47. The number of carbonyl (C=O) groups excluding carboxylic acids is 1. The van der Waals surface area contributed by atoms with Gasteiger partial charge in [-0.25, -0.2) is 4.39 Å². The van der Waals surface area contributed by atoms with Gasteiger partial charge < -0.3 is 10.0 Å². The lowest BCUT2D eigenvalue weighted by molar-refractivity contribution is -0.147. The summed E-state index contributed by atoms with van der Waals surface area (Å²) < 4.78 is 13.2. The number of carboxylic acid groups (broad SMARTS) is 1. The molecule has 1 aliphatic heterocycles. The molecule has 1 saturated heterocycles. The van der Waals surface area contributed by atoms with Crippen LogP contribution in [0.5, 0.6) is 0 Å². The average molecular weight is 321 g/mol. The number of nitrogens with zero attached hydrogens (tertiary/aromatic N) is 1. The lowest BCUT2D eigenvalue weighted by atomic mass is 9.91. The van der Waals surface area contributed by atoms with Crippen molar-refractivity contribution < 1.29 is 19.1 Å². The molecule has 3 atom stereocenters. The second kappa shape index (κ2) is 7.57. The Bertz CT molecular complexity index is 575. The van der Waals surface area contributed by atoms with Gasteiger partial charge in [-0.05, 0) is 49.8 Å². The first-order valence-electron chi connectivity index (χ1n) is 8.13. The van der Waals surface area contributed by atoms with Crippen molar-refractivity contribution in [1.82, 2.24) is 4.90 Å². The minimum absolute atomic E-state index is 0.00708. The van der Waals surface area contributed by atoms with Crippen LogP contribution in [0.15, 0.2) is 24.3 Å². The molecule has 1 N–H and O–H groups in total. The monoisotopic (exact) mass is 321 g/mol. The molecule has 5 heteroatoms. The molecule has 1 aliphatic rings. The van der Waals surface area contributed by atoms with Gasteiger partial charge in [0.15, 0.2) is 0 Å². The number of rotatable bonds is 5. The van der Waals surface area contributed by atoms with E-state index in [9.17, 15) is 14.0 Å². The summed E-state index contributed by atoms with van der Waals surface area (Å²) in [5.74, 6) is -1.49. The smallest absolute Gasteiger partial charge is 0.308 e. The lowest BCUT2D eigenvalue weighted by Gasteiger charge is -2.37. The number of piperidine rings is 1. The van der Waals surface area contributed by atoms with Gasteiger partial charge in [0, 0.05) is 19.0 Å². The first-order valence-corrected chi connectivity index (χ1v) is 8.13. The first kappa shape index (κ1) is 17.4. The summed E-state index contributed by atoms with van der Waals surface area (Å²) in [5.41, 5.74) is 0.875. The molecule has 0 radical (unpaired) electrons. The molecular formula is C18H24FNO3. The quantitative estimate of drug-likeness (QED) is 0.906. The molecule has 1 heterocycles. The number of carboxylic acids is 1. The molecule has 3 unspecified atom stereocenters. The SMILES string of the molecule is CC(CC(=O)N1CC(C(=O)O)CCC1C)Cc1cccc(F)c1. The van der Waals surface area contributed by atoms with Crippen molar-refractivity contribution >= 4 is 11.9 Å². The molecule has 0 bridgehead atoms. The third-order valence-electron chi connectivity index (χ3n) is 4.55. The van der Waals surface area contributed by atoms with E-state index in [0.29, 0.717) is 25.8 Å². The fourth-order valence-corrected chi connectivity index (χ4v) is 3.21. The fourth-order valence-electron chi connectivity index (χ4n) is 3.21. The fraction of sp³-hybridized carbons (Fsp3) is 0.556. The topological polar surface area (TPSA) is 57.6 Å². The highest BCUT2D eigenvalue weighted by Crippen LogP contribution is 2.24. The van der Waals surface area contributed by atoms with E-state index in [2.05, 4.69) is 0 Å². The van der Waals surface area contributed by atoms with Gasteiger partial charge in [-0.1, -0.05) is 19.1 Å². The Morgan fingerprint density at radius 1 is 1.39 bits per heavy atom. The molecule has 1 aromatic carbocycles. The second-order valence-electron chi connectivity index (χ2n) is 6.65. The number of benzene rings is 1. The van der Waals surface area contributed by atoms with E-state index in [0.717, 1.165) is 12.0 Å². The molecule has 126 valence electrons. The van der Waals surface area contributed by atoms with E-state index < -0.39 is 11.9 Å². The molecule has 0 aliphatic carbocycles. The Balaban J connectivity index is 1.93. The van der Waals surface area contributed by atoms with Crippen molar-refractivity contribution in [2.75, 3.05) is 6.54 Å². The second-order valence-corrected chi connectivity index (χ2v) is 6.65. The molecule has 0 aromatic heterocycles. The van der Waals surface area contributed by atoms with Gasteiger partial charge in [-0.3, -0.25) is 9.59 Å². The zero-order valence-corrected chi connectivity index (χ0v) is 13.7. The van der Waals surface area contributed by atoms with Crippen molar-refractivity contribution in [3.63, 3.8) is 0 Å². The number of hydrogen-bond acceptors (Lipinski definition) is 2. The molecule has 2 rings (SSSR count). The van der Waals surface area contributed by atoms with E-state index in [-0.39, 0.29) is 23.7 Å². The van der Waals surface area contributed by atoms with Crippen LogP contribution in [0, 0.1) is 17.7 Å². The number of amides is 1. The van der Waals surface area contributed by atoms with E-state index in [4.69, 9.17) is 5.11 Å². The highest BCUT2D eigenvalue weighted by atomic mass is 19.1. The van der Waals surface area contributed by atoms with E-state index in [1.165, 1.54) is 12.1 Å². The number of carbonyl (C=O) groups is 2. The molecule has 1 amide bonds. The third kappa shape index (κ3) is 4.78. The van der Waals surface area contributed by atoms with Crippen LogP contribution in [0.25, 0.3) is 0 Å². The minimum Gasteiger partial charge on any atom is -0.481 e. The summed E-state index contributed by atoms with van der Waals surface area (Å²) in [4.78, 5) is 25.4. The predicted molar refractivity (Wildman–Crippen MR) is 85.4 cm³/mol. The zero-order chi connectivity index (χ0) is 17.0. The summed E-state index contributed by atoms with van der Waals surface area (Å²) >= 11 is 0. The van der Waals surface area contributed by atoms with Crippen LogP contribution in [0.1, 0.15) is 38.7 Å². The van der Waals surface area contributed by atoms with E-state index in [1.54, 1.807) is 11.0 Å². The summed E-state index contributed by atoms with van der Waals surface area (Å²) in [6.07, 6.45) is 2.33. The Kier molecular flexibility index (Phi) is 5.74. The van der Waals surface area contributed by atoms with Gasteiger partial charge in [-0.2, -0.15) is 0 Å². The van der Waals surface area contributed by atoms with Crippen molar-refractivity contribution in [1.29, 1.82) is 0 Å². The van der Waals surface area contributed by atoms with Gasteiger partial charge in [0.2, 0.25) is 5.91 Å². The highest BCUT2D eigenvalue weighted by molar-refractivity contribution is 5.78. The molecule has 1 fully saturated rings. The maximum absolute atomic E-state index is 13.2. The van der Waals surface area contributed by atoms with Crippen molar-refractivity contribution in [3.05, 3.63) is 35.6 Å². The standard InChI is InChI=1S/C18H24FNO3/c1-12(8-14-4-3-5-16(19)10-14)9-17(21)20-11-15(18(22)23)7-6-13(20)2/h3-5,10,12-13,15H,6-9,11H2,1-2H3,(H,22,23). The number of likely N-dealkylation sites (tertiary alicyclic amines) is 1. The normalized spacial score (nSPS) is 22.7. The van der Waals surface area contributed by atoms with Crippen LogP contribution in [0.3, 0.4) is 0 Å². The lowest BCUT2D eigenvalue weighted by Crippen LogP contribution is -2.47. The van der Waals surface area contributed by atoms with Crippen LogP contribution < -0.4 is 0 Å². The zero-order valence-electron chi connectivity index (χ0n) is 13.7. The summed E-state index contributed by atoms with van der Waals surface area (Å²) in [6, 6.07) is 6.50. The number of hydrogen-bond donors (Lipinski definition) is 1. The van der Waals surface area contributed by atoms with Crippen LogP contribution in [-0.2, 0) is 16.0 Å². The maximum Gasteiger partial charge on any atom is 0.308 e. The highest BCUT2D eigenvalue weighted by Gasteiger charge is 2.32. The molecule has 1 aromatic rings. The van der Waals surface area contributed by atoms with Crippen LogP contribution in [0.4, 0.5) is 4.39 Å². The van der Waals surface area contributed by atoms with Crippen molar-refractivity contribution in [2.45, 2.75) is 45.6 Å². The Morgan fingerprint density at radius 3 is 2.78 bits per heavy atom. The summed E-state index contributed by atoms with van der Waals surface area (Å²) in [7, 11) is 0. The Morgan fingerprint density at radius 2 is 2.13 bits per heavy atom. The third-order valence-corrected chi connectivity index (χ3v) is 4.55.